The number of hydrogen-bond donors (Lipinski definition) is 2. The Labute approximate surface area is 88.5 Å². The van der Waals surface area contributed by atoms with Gasteiger partial charge in [0.15, 0.2) is 0 Å². The van der Waals surface area contributed by atoms with E-state index in [0.717, 1.165) is 16.9 Å². The standard InChI is InChI=1S/C11H14N2O2/c1-2-13-10-4-3-8(7-14)5-9(10)12-6-11(13)15/h3-5,12,14H,2,6-7H2,1H3. The zero-order valence-corrected chi connectivity index (χ0v) is 8.66. The summed E-state index contributed by atoms with van der Waals surface area (Å²) in [6.45, 7) is 2.98. The lowest BCUT2D eigenvalue weighted by atomic mass is 10.1. The van der Waals surface area contributed by atoms with E-state index in [-0.39, 0.29) is 12.5 Å². The van der Waals surface area contributed by atoms with Crippen molar-refractivity contribution in [3.05, 3.63) is 23.8 Å². The zero-order valence-electron chi connectivity index (χ0n) is 8.66. The maximum Gasteiger partial charge on any atom is 0.246 e. The molecule has 0 saturated carbocycles. The lowest BCUT2D eigenvalue weighted by molar-refractivity contribution is -0.117. The fourth-order valence-corrected chi connectivity index (χ4v) is 1.81. The molecule has 1 aromatic rings. The van der Waals surface area contributed by atoms with E-state index in [1.54, 1.807) is 4.90 Å². The number of hydrogen-bond acceptors (Lipinski definition) is 3. The number of likely N-dealkylation sites (N-methyl/N-ethyl adjacent to an activating group) is 1. The molecule has 2 N–H and O–H groups in total. The molecular weight excluding hydrogens is 192 g/mol. The predicted molar refractivity (Wildman–Crippen MR) is 58.9 cm³/mol. The van der Waals surface area contributed by atoms with Gasteiger partial charge in [0.25, 0.3) is 0 Å². The largest absolute Gasteiger partial charge is 0.392 e. The van der Waals surface area contributed by atoms with Crippen molar-refractivity contribution in [2.45, 2.75) is 13.5 Å². The Morgan fingerprint density at radius 2 is 2.33 bits per heavy atom. The van der Waals surface area contributed by atoms with Gasteiger partial charge in [0.1, 0.15) is 0 Å². The quantitative estimate of drug-likeness (QED) is 0.757. The summed E-state index contributed by atoms with van der Waals surface area (Å²) in [6.07, 6.45) is 0. The van der Waals surface area contributed by atoms with Gasteiger partial charge >= 0.3 is 0 Å². The minimum absolute atomic E-state index is 0.0228. The normalized spacial score (nSPS) is 14.8. The average Bonchev–Trinajstić information content (AvgIpc) is 2.28. The van der Waals surface area contributed by atoms with Crippen LogP contribution in [-0.4, -0.2) is 24.1 Å². The van der Waals surface area contributed by atoms with Gasteiger partial charge in [-0.15, -0.1) is 0 Å². The fraction of sp³-hybridized carbons (Fsp3) is 0.364. The maximum atomic E-state index is 11.6. The summed E-state index contributed by atoms with van der Waals surface area (Å²) < 4.78 is 0. The number of amides is 1. The van der Waals surface area contributed by atoms with Crippen LogP contribution in [0.1, 0.15) is 12.5 Å². The van der Waals surface area contributed by atoms with Gasteiger partial charge in [0, 0.05) is 6.54 Å². The third-order valence-electron chi connectivity index (χ3n) is 2.58. The first kappa shape index (κ1) is 9.98. The van der Waals surface area contributed by atoms with Crippen molar-refractivity contribution in [1.82, 2.24) is 0 Å². The van der Waals surface area contributed by atoms with Gasteiger partial charge in [-0.3, -0.25) is 4.79 Å². The van der Waals surface area contributed by atoms with E-state index in [1.807, 2.05) is 25.1 Å². The van der Waals surface area contributed by atoms with E-state index in [2.05, 4.69) is 5.32 Å². The molecule has 1 aromatic carbocycles. The second-order valence-electron chi connectivity index (χ2n) is 3.50. The van der Waals surface area contributed by atoms with Crippen LogP contribution in [0.3, 0.4) is 0 Å². The molecule has 4 heteroatoms. The van der Waals surface area contributed by atoms with Gasteiger partial charge in [-0.1, -0.05) is 6.07 Å². The van der Waals surface area contributed by atoms with Gasteiger partial charge in [-0.05, 0) is 24.6 Å². The van der Waals surface area contributed by atoms with Gasteiger partial charge < -0.3 is 15.3 Å². The van der Waals surface area contributed by atoms with Crippen LogP contribution in [0.15, 0.2) is 18.2 Å². The molecule has 1 aliphatic rings. The first-order chi connectivity index (χ1) is 7.26. The van der Waals surface area contributed by atoms with Gasteiger partial charge in [0.2, 0.25) is 5.91 Å². The highest BCUT2D eigenvalue weighted by atomic mass is 16.3. The van der Waals surface area contributed by atoms with E-state index in [9.17, 15) is 4.79 Å². The van der Waals surface area contributed by atoms with E-state index in [0.29, 0.717) is 13.1 Å². The number of carbonyl (C=O) groups excluding carboxylic acids is 1. The molecule has 0 saturated heterocycles. The Morgan fingerprint density at radius 1 is 1.53 bits per heavy atom. The van der Waals surface area contributed by atoms with Crippen LogP contribution in [-0.2, 0) is 11.4 Å². The highest BCUT2D eigenvalue weighted by Crippen LogP contribution is 2.30. The van der Waals surface area contributed by atoms with Crippen molar-refractivity contribution in [3.8, 4) is 0 Å². The molecule has 0 spiro atoms. The molecule has 0 bridgehead atoms. The first-order valence-corrected chi connectivity index (χ1v) is 5.04. The minimum Gasteiger partial charge on any atom is -0.392 e. The van der Waals surface area contributed by atoms with Crippen LogP contribution < -0.4 is 10.2 Å². The Bertz CT molecular complexity index is 390. The Hall–Kier alpha value is -1.55. The van der Waals surface area contributed by atoms with Crippen molar-refractivity contribution in [1.29, 1.82) is 0 Å². The highest BCUT2D eigenvalue weighted by molar-refractivity contribution is 6.02. The van der Waals surface area contributed by atoms with E-state index >= 15 is 0 Å². The summed E-state index contributed by atoms with van der Waals surface area (Å²) in [7, 11) is 0. The maximum absolute atomic E-state index is 11.6. The van der Waals surface area contributed by atoms with Crippen molar-refractivity contribution in [2.75, 3.05) is 23.3 Å². The average molecular weight is 206 g/mol. The van der Waals surface area contributed by atoms with Crippen LogP contribution in [0.25, 0.3) is 0 Å². The summed E-state index contributed by atoms with van der Waals surface area (Å²) in [5.41, 5.74) is 2.67. The predicted octanol–water partition coefficient (Wildman–Crippen LogP) is 0.957. The summed E-state index contributed by atoms with van der Waals surface area (Å²) in [5, 5.41) is 12.1. The minimum atomic E-state index is 0.0228. The molecule has 1 aliphatic heterocycles. The molecule has 4 nitrogen and oxygen atoms in total. The number of aliphatic hydroxyl groups excluding tert-OH is 1. The molecule has 15 heavy (non-hydrogen) atoms. The van der Waals surface area contributed by atoms with Crippen molar-refractivity contribution in [3.63, 3.8) is 0 Å². The molecule has 0 fully saturated rings. The molecule has 0 aliphatic carbocycles. The molecule has 80 valence electrons. The SMILES string of the molecule is CCN1C(=O)CNc2cc(CO)ccc21. The van der Waals surface area contributed by atoms with E-state index < -0.39 is 0 Å². The molecule has 0 atom stereocenters. The van der Waals surface area contributed by atoms with Crippen LogP contribution >= 0.6 is 0 Å². The second kappa shape index (κ2) is 3.90. The number of fused-ring (bicyclic) bond motifs is 1. The zero-order chi connectivity index (χ0) is 10.8. The third-order valence-corrected chi connectivity index (χ3v) is 2.58. The van der Waals surface area contributed by atoms with E-state index in [1.165, 1.54) is 0 Å². The lowest BCUT2D eigenvalue weighted by Crippen LogP contribution is -2.39. The Balaban J connectivity index is 2.42. The smallest absolute Gasteiger partial charge is 0.246 e. The summed E-state index contributed by atoms with van der Waals surface area (Å²) >= 11 is 0. The molecule has 2 rings (SSSR count). The number of nitrogens with zero attached hydrogens (tertiary/aromatic N) is 1. The first-order valence-electron chi connectivity index (χ1n) is 5.04. The van der Waals surface area contributed by atoms with Crippen molar-refractivity contribution < 1.29 is 9.90 Å². The number of aliphatic hydroxyl groups is 1. The Kier molecular flexibility index (Phi) is 2.60. The highest BCUT2D eigenvalue weighted by Gasteiger charge is 2.22. The third kappa shape index (κ3) is 1.68. The van der Waals surface area contributed by atoms with Gasteiger partial charge in [0.05, 0.1) is 24.5 Å². The number of nitrogens with one attached hydrogen (secondary N) is 1. The summed E-state index contributed by atoms with van der Waals surface area (Å²) in [5.74, 6) is 0.0850. The summed E-state index contributed by atoms with van der Waals surface area (Å²) in [4.78, 5) is 13.3. The molecular formula is C11H14N2O2. The lowest BCUT2D eigenvalue weighted by Gasteiger charge is -2.29. The van der Waals surface area contributed by atoms with Crippen LogP contribution in [0.5, 0.6) is 0 Å². The number of benzene rings is 1. The molecule has 0 unspecified atom stereocenters. The van der Waals surface area contributed by atoms with E-state index in [4.69, 9.17) is 5.11 Å². The van der Waals surface area contributed by atoms with Crippen LogP contribution in [0.2, 0.25) is 0 Å². The van der Waals surface area contributed by atoms with Gasteiger partial charge in [-0.2, -0.15) is 0 Å². The van der Waals surface area contributed by atoms with Gasteiger partial charge in [-0.25, -0.2) is 0 Å². The van der Waals surface area contributed by atoms with Crippen LogP contribution in [0.4, 0.5) is 11.4 Å². The van der Waals surface area contributed by atoms with Crippen molar-refractivity contribution >= 4 is 17.3 Å². The summed E-state index contributed by atoms with van der Waals surface area (Å²) in [6, 6.07) is 5.58. The molecule has 1 heterocycles. The van der Waals surface area contributed by atoms with Crippen LogP contribution in [0, 0.1) is 0 Å². The van der Waals surface area contributed by atoms with Crippen molar-refractivity contribution in [2.24, 2.45) is 0 Å². The second-order valence-corrected chi connectivity index (χ2v) is 3.50. The number of carbonyl (C=O) groups is 1. The topological polar surface area (TPSA) is 52.6 Å². The molecule has 0 aromatic heterocycles. The number of anilines is 2. The number of rotatable bonds is 2. The fourth-order valence-electron chi connectivity index (χ4n) is 1.81. The Morgan fingerprint density at radius 3 is 3.00 bits per heavy atom. The molecule has 1 amide bonds. The monoisotopic (exact) mass is 206 g/mol. The molecule has 0 radical (unpaired) electrons.